The van der Waals surface area contributed by atoms with Crippen LogP contribution < -0.4 is 4.72 Å². The number of allylic oxidation sites excluding steroid dienone is 6. The Morgan fingerprint density at radius 3 is 2.43 bits per heavy atom. The average molecular weight is 213 g/mol. The minimum atomic E-state index is -3.29. The van der Waals surface area contributed by atoms with Gasteiger partial charge in [0.25, 0.3) is 0 Å². The van der Waals surface area contributed by atoms with E-state index in [0.717, 1.165) is 5.41 Å². The molecule has 1 N–H and O–H groups in total. The van der Waals surface area contributed by atoms with Crippen molar-refractivity contribution < 1.29 is 8.42 Å². The highest BCUT2D eigenvalue weighted by molar-refractivity contribution is 7.92. The van der Waals surface area contributed by atoms with Crippen molar-refractivity contribution in [1.82, 2.24) is 4.72 Å². The van der Waals surface area contributed by atoms with E-state index in [4.69, 9.17) is 0 Å². The van der Waals surface area contributed by atoms with E-state index in [9.17, 15) is 8.42 Å². The first-order valence-corrected chi connectivity index (χ1v) is 5.66. The topological polar surface area (TPSA) is 46.2 Å². The Kier molecular flexibility index (Phi) is 5.83. The second kappa shape index (κ2) is 6.34. The summed E-state index contributed by atoms with van der Waals surface area (Å²) in [6.07, 6.45) is 8.66. The molecule has 0 aliphatic heterocycles. The summed E-state index contributed by atoms with van der Waals surface area (Å²) in [7, 11) is -1.93. The van der Waals surface area contributed by atoms with E-state index >= 15 is 0 Å². The maximum absolute atomic E-state index is 11.0. The van der Waals surface area contributed by atoms with E-state index in [1.807, 2.05) is 19.1 Å². The van der Waals surface area contributed by atoms with Gasteiger partial charge in [0.05, 0.1) is 0 Å². The summed E-state index contributed by atoms with van der Waals surface area (Å²) in [5.41, 5.74) is 0.627. The first kappa shape index (κ1) is 12.9. The predicted molar refractivity (Wildman–Crippen MR) is 60.2 cm³/mol. The second-order valence-corrected chi connectivity index (χ2v) is 4.28. The van der Waals surface area contributed by atoms with Crippen LogP contribution in [0.15, 0.2) is 47.9 Å². The fourth-order valence-corrected chi connectivity index (χ4v) is 1.08. The van der Waals surface area contributed by atoms with Crippen molar-refractivity contribution in [1.29, 1.82) is 0 Å². The van der Waals surface area contributed by atoms with Crippen LogP contribution in [-0.4, -0.2) is 15.5 Å². The Labute approximate surface area is 85.6 Å². The van der Waals surface area contributed by atoms with Crippen molar-refractivity contribution in [3.63, 3.8) is 0 Å². The van der Waals surface area contributed by atoms with Gasteiger partial charge in [-0.1, -0.05) is 30.9 Å². The summed E-state index contributed by atoms with van der Waals surface area (Å²) in [5, 5.41) is 1.08. The molecule has 3 nitrogen and oxygen atoms in total. The molecule has 0 radical (unpaired) electrons. The van der Waals surface area contributed by atoms with Gasteiger partial charge in [0.2, 0.25) is 10.0 Å². The van der Waals surface area contributed by atoms with Gasteiger partial charge in [-0.05, 0) is 25.6 Å². The molecule has 0 amide bonds. The monoisotopic (exact) mass is 213 g/mol. The van der Waals surface area contributed by atoms with Gasteiger partial charge in [0.1, 0.15) is 0 Å². The third kappa shape index (κ3) is 6.39. The van der Waals surface area contributed by atoms with E-state index in [-0.39, 0.29) is 0 Å². The van der Waals surface area contributed by atoms with Crippen LogP contribution >= 0.6 is 0 Å². The molecule has 0 fully saturated rings. The minimum absolute atomic E-state index is 0.627. The van der Waals surface area contributed by atoms with Crippen molar-refractivity contribution in [3.8, 4) is 0 Å². The quantitative estimate of drug-likeness (QED) is 0.707. The highest BCUT2D eigenvalue weighted by atomic mass is 32.2. The number of rotatable bonds is 5. The SMILES string of the molecule is C=C(/C=C\C=C/C)/C=C/S(=O)(=O)NC. The van der Waals surface area contributed by atoms with Gasteiger partial charge in [0.15, 0.2) is 0 Å². The van der Waals surface area contributed by atoms with E-state index in [0.29, 0.717) is 5.57 Å². The molecule has 0 spiro atoms. The van der Waals surface area contributed by atoms with Crippen molar-refractivity contribution in [2.45, 2.75) is 6.92 Å². The highest BCUT2D eigenvalue weighted by Gasteiger charge is 1.97. The predicted octanol–water partition coefficient (Wildman–Crippen LogP) is 1.74. The molecule has 0 aromatic carbocycles. The van der Waals surface area contributed by atoms with Crippen LogP contribution in [0.3, 0.4) is 0 Å². The standard InChI is InChI=1S/C10H15NO2S/c1-4-5-6-7-10(2)8-9-14(12,13)11-3/h4-9,11H,2H2,1,3H3/b5-4-,7-6-,9-8+. The van der Waals surface area contributed by atoms with Crippen LogP contribution in [0.25, 0.3) is 0 Å². The van der Waals surface area contributed by atoms with Crippen LogP contribution in [0.1, 0.15) is 6.92 Å². The van der Waals surface area contributed by atoms with Gasteiger partial charge < -0.3 is 0 Å². The van der Waals surface area contributed by atoms with Gasteiger partial charge in [-0.15, -0.1) is 0 Å². The van der Waals surface area contributed by atoms with Gasteiger partial charge in [-0.25, -0.2) is 13.1 Å². The molecule has 0 bridgehead atoms. The summed E-state index contributed by atoms with van der Waals surface area (Å²) in [4.78, 5) is 0. The summed E-state index contributed by atoms with van der Waals surface area (Å²) in [5.74, 6) is 0. The van der Waals surface area contributed by atoms with E-state index < -0.39 is 10.0 Å². The Balaban J connectivity index is 4.34. The van der Waals surface area contributed by atoms with Gasteiger partial charge in [-0.2, -0.15) is 0 Å². The lowest BCUT2D eigenvalue weighted by Crippen LogP contribution is -2.14. The maximum atomic E-state index is 11.0. The summed E-state index contributed by atoms with van der Waals surface area (Å²) in [6, 6.07) is 0. The molecule has 0 aromatic heterocycles. The molecular weight excluding hydrogens is 198 g/mol. The van der Waals surface area contributed by atoms with E-state index in [2.05, 4.69) is 11.3 Å². The summed E-state index contributed by atoms with van der Waals surface area (Å²) >= 11 is 0. The Hall–Kier alpha value is -1.13. The summed E-state index contributed by atoms with van der Waals surface area (Å²) in [6.45, 7) is 5.56. The second-order valence-electron chi connectivity index (χ2n) is 2.51. The Morgan fingerprint density at radius 2 is 1.93 bits per heavy atom. The van der Waals surface area contributed by atoms with Crippen LogP contribution in [-0.2, 0) is 10.0 Å². The number of nitrogens with one attached hydrogen (secondary N) is 1. The molecule has 4 heteroatoms. The fraction of sp³-hybridized carbons (Fsp3) is 0.200. The minimum Gasteiger partial charge on any atom is -0.215 e. The zero-order valence-corrected chi connectivity index (χ0v) is 9.21. The van der Waals surface area contributed by atoms with Crippen molar-refractivity contribution in [2.24, 2.45) is 0 Å². The molecule has 78 valence electrons. The smallest absolute Gasteiger partial charge is 0.215 e. The van der Waals surface area contributed by atoms with Crippen LogP contribution in [0.2, 0.25) is 0 Å². The molecule has 0 saturated carbocycles. The van der Waals surface area contributed by atoms with Crippen LogP contribution in [0, 0.1) is 0 Å². The Morgan fingerprint density at radius 1 is 1.29 bits per heavy atom. The number of hydrogen-bond acceptors (Lipinski definition) is 2. The van der Waals surface area contributed by atoms with Gasteiger partial charge >= 0.3 is 0 Å². The van der Waals surface area contributed by atoms with Crippen LogP contribution in [0.5, 0.6) is 0 Å². The van der Waals surface area contributed by atoms with Gasteiger partial charge in [-0.3, -0.25) is 0 Å². The third-order valence-electron chi connectivity index (χ3n) is 1.36. The molecule has 14 heavy (non-hydrogen) atoms. The van der Waals surface area contributed by atoms with Gasteiger partial charge in [0, 0.05) is 5.41 Å². The maximum Gasteiger partial charge on any atom is 0.233 e. The van der Waals surface area contributed by atoms with E-state index in [1.54, 1.807) is 12.2 Å². The molecule has 0 aromatic rings. The van der Waals surface area contributed by atoms with Crippen molar-refractivity contribution in [3.05, 3.63) is 47.9 Å². The Bertz CT molecular complexity index is 362. The fourth-order valence-electron chi connectivity index (χ4n) is 0.591. The van der Waals surface area contributed by atoms with Crippen molar-refractivity contribution in [2.75, 3.05) is 7.05 Å². The highest BCUT2D eigenvalue weighted by Crippen LogP contribution is 1.97. The lowest BCUT2D eigenvalue weighted by atomic mass is 10.3. The first-order valence-electron chi connectivity index (χ1n) is 4.11. The lowest BCUT2D eigenvalue weighted by molar-refractivity contribution is 0.597. The van der Waals surface area contributed by atoms with E-state index in [1.165, 1.54) is 13.1 Å². The average Bonchev–Trinajstić information content (AvgIpc) is 2.16. The van der Waals surface area contributed by atoms with Crippen molar-refractivity contribution >= 4 is 10.0 Å². The third-order valence-corrected chi connectivity index (χ3v) is 2.42. The zero-order chi connectivity index (χ0) is 11.0. The molecule has 0 atom stereocenters. The summed E-state index contributed by atoms with van der Waals surface area (Å²) < 4.78 is 24.1. The largest absolute Gasteiger partial charge is 0.233 e. The molecule has 0 unspecified atom stereocenters. The first-order chi connectivity index (χ1) is 6.52. The lowest BCUT2D eigenvalue weighted by Gasteiger charge is -1.92. The molecule has 0 saturated heterocycles. The number of hydrogen-bond donors (Lipinski definition) is 1. The molecular formula is C10H15NO2S. The molecule has 0 rings (SSSR count). The molecule has 0 heterocycles. The number of sulfonamides is 1. The molecule has 0 aliphatic rings. The zero-order valence-electron chi connectivity index (χ0n) is 8.40. The van der Waals surface area contributed by atoms with Crippen LogP contribution in [0.4, 0.5) is 0 Å². The molecule has 0 aliphatic carbocycles. The normalized spacial score (nSPS) is 13.3.